The SMILES string of the molecule is CC.CC(=O)CCC(=O)O.CCC(C)(C)CNC(C)(C)C.CCc1ccccc1O.NCc1ccccc1O. The second-order valence-electron chi connectivity index (χ2n) is 10.5. The Morgan fingerprint density at radius 3 is 1.49 bits per heavy atom. The molecule has 0 bridgehead atoms. The van der Waals surface area contributed by atoms with Gasteiger partial charge in [-0.1, -0.05) is 77.9 Å². The first kappa shape index (κ1) is 40.6. The Bertz CT molecular complexity index is 846. The molecule has 0 saturated heterocycles. The Morgan fingerprint density at radius 1 is 0.821 bits per heavy atom. The lowest BCUT2D eigenvalue weighted by molar-refractivity contribution is -0.138. The normalized spacial score (nSPS) is 10.1. The molecule has 6 N–H and O–H groups in total. The summed E-state index contributed by atoms with van der Waals surface area (Å²) in [5, 5.41) is 29.7. The van der Waals surface area contributed by atoms with Gasteiger partial charge in [0.15, 0.2) is 0 Å². The maximum absolute atomic E-state index is 10.1. The molecule has 2 rings (SSSR count). The van der Waals surface area contributed by atoms with Gasteiger partial charge in [0.1, 0.15) is 17.3 Å². The Morgan fingerprint density at radius 2 is 1.26 bits per heavy atom. The number of carbonyl (C=O) groups is 2. The van der Waals surface area contributed by atoms with Crippen molar-refractivity contribution in [1.82, 2.24) is 5.32 Å². The van der Waals surface area contributed by atoms with Crippen molar-refractivity contribution in [3.8, 4) is 11.5 Å². The van der Waals surface area contributed by atoms with Gasteiger partial charge in [0, 0.05) is 30.6 Å². The molecule has 0 aliphatic rings. The van der Waals surface area contributed by atoms with Gasteiger partial charge in [-0.3, -0.25) is 4.79 Å². The van der Waals surface area contributed by atoms with Gasteiger partial charge >= 0.3 is 5.97 Å². The first-order valence-corrected chi connectivity index (χ1v) is 13.8. The van der Waals surface area contributed by atoms with Crippen LogP contribution < -0.4 is 11.1 Å². The summed E-state index contributed by atoms with van der Waals surface area (Å²) in [6.07, 6.45) is 2.23. The van der Waals surface area contributed by atoms with E-state index in [1.54, 1.807) is 24.3 Å². The number of phenolic OH excluding ortho intramolecular Hbond substituents is 2. The van der Waals surface area contributed by atoms with E-state index in [1.807, 2.05) is 45.0 Å². The fourth-order valence-corrected chi connectivity index (χ4v) is 2.41. The molecule has 7 heteroatoms. The quantitative estimate of drug-likeness (QED) is 0.238. The number of hydrogen-bond donors (Lipinski definition) is 5. The van der Waals surface area contributed by atoms with E-state index in [-0.39, 0.29) is 29.9 Å². The van der Waals surface area contributed by atoms with E-state index in [0.29, 0.717) is 17.7 Å². The molecule has 0 fully saturated rings. The first-order valence-electron chi connectivity index (χ1n) is 13.8. The molecule has 2 aromatic rings. The van der Waals surface area contributed by atoms with Crippen LogP contribution in [0.3, 0.4) is 0 Å². The number of para-hydroxylation sites is 2. The van der Waals surface area contributed by atoms with E-state index in [4.69, 9.17) is 21.1 Å². The van der Waals surface area contributed by atoms with Crippen LogP contribution in [0.2, 0.25) is 0 Å². The molecule has 0 aliphatic heterocycles. The zero-order valence-corrected chi connectivity index (χ0v) is 26.1. The predicted octanol–water partition coefficient (Wildman–Crippen LogP) is 7.08. The highest BCUT2D eigenvalue weighted by Gasteiger charge is 2.18. The van der Waals surface area contributed by atoms with E-state index in [9.17, 15) is 9.59 Å². The van der Waals surface area contributed by atoms with Crippen LogP contribution in [0.1, 0.15) is 99.6 Å². The molecule has 0 saturated carbocycles. The summed E-state index contributed by atoms with van der Waals surface area (Å²) < 4.78 is 0. The summed E-state index contributed by atoms with van der Waals surface area (Å²) in [7, 11) is 0. The summed E-state index contributed by atoms with van der Waals surface area (Å²) in [4.78, 5) is 19.8. The van der Waals surface area contributed by atoms with Crippen LogP contribution in [0.5, 0.6) is 11.5 Å². The highest BCUT2D eigenvalue weighted by atomic mass is 16.4. The van der Waals surface area contributed by atoms with Crippen LogP contribution >= 0.6 is 0 Å². The zero-order valence-electron chi connectivity index (χ0n) is 26.1. The van der Waals surface area contributed by atoms with Crippen LogP contribution in [0.25, 0.3) is 0 Å². The molecule has 0 amide bonds. The Hall–Kier alpha value is -2.90. The number of nitrogens with two attached hydrogens (primary N) is 1. The third kappa shape index (κ3) is 26.5. The standard InChI is InChI=1S/C10H23N.C8H10O.C7H9NO.C5H8O3.C2H6/c1-7-10(5,6)8-11-9(2,3)4;1-2-7-5-3-4-6-8(7)9;8-5-6-3-1-2-4-7(6)9;1-4(6)2-3-5(7)8;1-2/h11H,7-8H2,1-6H3;3-6,9H,2H2,1H3;1-4,9H,5,8H2;2-3H2,1H3,(H,7,8);1-2H3. The fourth-order valence-electron chi connectivity index (χ4n) is 2.41. The molecule has 224 valence electrons. The van der Waals surface area contributed by atoms with Crippen molar-refractivity contribution < 1.29 is 24.9 Å². The number of carbonyl (C=O) groups excluding carboxylic acids is 1. The lowest BCUT2D eigenvalue weighted by atomic mass is 9.89. The van der Waals surface area contributed by atoms with Gasteiger partial charge in [-0.2, -0.15) is 0 Å². The van der Waals surface area contributed by atoms with Gasteiger partial charge in [-0.05, 0) is 63.6 Å². The molecule has 0 atom stereocenters. The molecule has 0 aliphatic carbocycles. The predicted molar refractivity (Wildman–Crippen MR) is 164 cm³/mol. The maximum atomic E-state index is 10.1. The van der Waals surface area contributed by atoms with Crippen molar-refractivity contribution in [3.63, 3.8) is 0 Å². The second kappa shape index (κ2) is 23.0. The number of hydrogen-bond acceptors (Lipinski definition) is 6. The van der Waals surface area contributed by atoms with Crippen molar-refractivity contribution in [2.24, 2.45) is 11.1 Å². The van der Waals surface area contributed by atoms with Crippen molar-refractivity contribution in [1.29, 1.82) is 0 Å². The van der Waals surface area contributed by atoms with E-state index >= 15 is 0 Å². The summed E-state index contributed by atoms with van der Waals surface area (Å²) in [5.41, 5.74) is 7.79. The van der Waals surface area contributed by atoms with Crippen molar-refractivity contribution in [2.45, 2.75) is 107 Å². The molecule has 7 nitrogen and oxygen atoms in total. The Labute approximate surface area is 237 Å². The largest absolute Gasteiger partial charge is 0.508 e. The number of carboxylic acid groups (broad SMARTS) is 1. The summed E-state index contributed by atoms with van der Waals surface area (Å²) in [5.74, 6) is -0.312. The molecular formula is C32H56N2O5. The lowest BCUT2D eigenvalue weighted by Gasteiger charge is -2.29. The molecule has 0 aromatic heterocycles. The minimum atomic E-state index is -0.916. The van der Waals surface area contributed by atoms with E-state index in [1.165, 1.54) is 13.3 Å². The number of nitrogens with one attached hydrogen (secondary N) is 1. The second-order valence-corrected chi connectivity index (χ2v) is 10.5. The molecule has 0 spiro atoms. The van der Waals surface area contributed by atoms with Crippen LogP contribution in [0, 0.1) is 5.41 Å². The summed E-state index contributed by atoms with van der Waals surface area (Å²) in [6, 6.07) is 14.4. The Kier molecular flexibility index (Phi) is 24.0. The highest BCUT2D eigenvalue weighted by Crippen LogP contribution is 2.19. The first-order chi connectivity index (χ1) is 18.1. The van der Waals surface area contributed by atoms with Crippen LogP contribution in [0.4, 0.5) is 0 Å². The number of rotatable bonds is 8. The highest BCUT2D eigenvalue weighted by molar-refractivity contribution is 5.80. The Balaban J connectivity index is -0.000000436. The smallest absolute Gasteiger partial charge is 0.303 e. The van der Waals surface area contributed by atoms with Crippen LogP contribution in [0.15, 0.2) is 48.5 Å². The molecule has 0 heterocycles. The molecule has 2 aromatic carbocycles. The third-order valence-electron chi connectivity index (χ3n) is 5.33. The number of carboxylic acids is 1. The third-order valence-corrected chi connectivity index (χ3v) is 5.33. The number of aliphatic carboxylic acids is 1. The lowest BCUT2D eigenvalue weighted by Crippen LogP contribution is -2.41. The van der Waals surface area contributed by atoms with Gasteiger partial charge in [-0.15, -0.1) is 0 Å². The number of aryl methyl sites for hydroxylation is 1. The number of ketones is 1. The van der Waals surface area contributed by atoms with E-state index in [2.05, 4.69) is 46.9 Å². The van der Waals surface area contributed by atoms with Crippen LogP contribution in [-0.2, 0) is 22.6 Å². The van der Waals surface area contributed by atoms with E-state index in [0.717, 1.165) is 24.1 Å². The molecular weight excluding hydrogens is 492 g/mol. The molecule has 0 radical (unpaired) electrons. The average Bonchev–Trinajstić information content (AvgIpc) is 2.89. The van der Waals surface area contributed by atoms with Crippen molar-refractivity contribution >= 4 is 11.8 Å². The minimum absolute atomic E-state index is 0.0463. The van der Waals surface area contributed by atoms with Gasteiger partial charge in [0.05, 0.1) is 6.42 Å². The minimum Gasteiger partial charge on any atom is -0.508 e. The van der Waals surface area contributed by atoms with Crippen molar-refractivity contribution in [3.05, 3.63) is 59.7 Å². The summed E-state index contributed by atoms with van der Waals surface area (Å²) in [6.45, 7) is 22.4. The summed E-state index contributed by atoms with van der Waals surface area (Å²) >= 11 is 0. The number of phenols is 2. The molecule has 39 heavy (non-hydrogen) atoms. The van der Waals surface area contributed by atoms with Gasteiger partial charge in [0.2, 0.25) is 0 Å². The zero-order chi connectivity index (χ0) is 31.1. The average molecular weight is 549 g/mol. The van der Waals surface area contributed by atoms with E-state index < -0.39 is 5.97 Å². The fraction of sp³-hybridized carbons (Fsp3) is 0.562. The van der Waals surface area contributed by atoms with Gasteiger partial charge in [0.25, 0.3) is 0 Å². The number of Topliss-reactive ketones (excluding diaryl/α,β-unsaturated/α-hetero) is 1. The topological polar surface area (TPSA) is 133 Å². The number of aromatic hydroxyl groups is 2. The molecule has 0 unspecified atom stereocenters. The van der Waals surface area contributed by atoms with Crippen LogP contribution in [-0.4, -0.2) is 39.2 Å². The van der Waals surface area contributed by atoms with Gasteiger partial charge in [-0.25, -0.2) is 0 Å². The van der Waals surface area contributed by atoms with Gasteiger partial charge < -0.3 is 31.2 Å². The maximum Gasteiger partial charge on any atom is 0.303 e. The van der Waals surface area contributed by atoms with Crippen molar-refractivity contribution in [2.75, 3.05) is 6.54 Å². The number of benzene rings is 2. The monoisotopic (exact) mass is 548 g/mol.